The van der Waals surface area contributed by atoms with Gasteiger partial charge in [0.15, 0.2) is 0 Å². The average Bonchev–Trinajstić information content (AvgIpc) is 2.03. The zero-order valence-corrected chi connectivity index (χ0v) is 7.78. The van der Waals surface area contributed by atoms with Crippen LogP contribution in [0.4, 0.5) is 4.79 Å². The lowest BCUT2D eigenvalue weighted by Gasteiger charge is -2.11. The van der Waals surface area contributed by atoms with Crippen LogP contribution in [0.3, 0.4) is 0 Å². The quantitative estimate of drug-likeness (QED) is 0.742. The van der Waals surface area contributed by atoms with Gasteiger partial charge < -0.3 is 10.5 Å². The number of nitrogens with two attached hydrogens (primary N) is 1. The fourth-order valence-electron chi connectivity index (χ4n) is 0.939. The molecule has 1 atom stereocenters. The van der Waals surface area contributed by atoms with E-state index in [0.717, 1.165) is 0 Å². The fourth-order valence-corrected chi connectivity index (χ4v) is 1.21. The molecule has 0 fully saturated rings. The Balaban J connectivity index is 2.82. The summed E-state index contributed by atoms with van der Waals surface area (Å²) in [6.45, 7) is 1.67. The maximum atomic E-state index is 10.4. The van der Waals surface area contributed by atoms with Crippen molar-refractivity contribution in [1.29, 1.82) is 0 Å². The van der Waals surface area contributed by atoms with Crippen LogP contribution in [-0.2, 0) is 4.74 Å². The highest BCUT2D eigenvalue weighted by Gasteiger charge is 2.12. The molecule has 5 heteroatoms. The van der Waals surface area contributed by atoms with Crippen molar-refractivity contribution >= 4 is 17.7 Å². The molecule has 1 amide bonds. The predicted molar refractivity (Wildman–Crippen MR) is 48.3 cm³/mol. The second-order valence-corrected chi connectivity index (χ2v) is 2.82. The molecule has 1 unspecified atom stereocenters. The molecule has 0 bridgehead atoms. The molecule has 0 saturated carbocycles. The van der Waals surface area contributed by atoms with E-state index in [1.807, 2.05) is 0 Å². The summed E-state index contributed by atoms with van der Waals surface area (Å²) in [6.07, 6.45) is 0.258. The van der Waals surface area contributed by atoms with Gasteiger partial charge in [0.25, 0.3) is 0 Å². The van der Waals surface area contributed by atoms with Gasteiger partial charge in [0.1, 0.15) is 11.3 Å². The number of nitrogens with zero attached hydrogens (tertiary/aromatic N) is 1. The van der Waals surface area contributed by atoms with E-state index < -0.39 is 12.2 Å². The molecule has 1 heterocycles. The van der Waals surface area contributed by atoms with Crippen LogP contribution in [0.15, 0.2) is 18.3 Å². The molecule has 2 N–H and O–H groups in total. The molecule has 0 aliphatic carbocycles. The molecule has 0 radical (unpaired) electrons. The summed E-state index contributed by atoms with van der Waals surface area (Å²) in [5, 5.41) is 0.316. The first-order valence-corrected chi connectivity index (χ1v) is 4.05. The SMILES string of the molecule is CC(OC(N)=O)c1cccnc1Cl. The number of amides is 1. The van der Waals surface area contributed by atoms with Crippen molar-refractivity contribution in [1.82, 2.24) is 4.98 Å². The van der Waals surface area contributed by atoms with Gasteiger partial charge >= 0.3 is 6.09 Å². The minimum atomic E-state index is -0.826. The number of pyridine rings is 1. The normalized spacial score (nSPS) is 12.2. The number of hydrogen-bond donors (Lipinski definition) is 1. The molecule has 70 valence electrons. The Morgan fingerprint density at radius 2 is 2.46 bits per heavy atom. The van der Waals surface area contributed by atoms with E-state index in [2.05, 4.69) is 4.98 Å². The Morgan fingerprint density at radius 3 is 3.00 bits per heavy atom. The lowest BCUT2D eigenvalue weighted by molar-refractivity contribution is 0.116. The van der Waals surface area contributed by atoms with Crippen molar-refractivity contribution < 1.29 is 9.53 Å². The van der Waals surface area contributed by atoms with E-state index in [9.17, 15) is 4.79 Å². The number of hydrogen-bond acceptors (Lipinski definition) is 3. The molecule has 1 aromatic rings. The van der Waals surface area contributed by atoms with Crippen LogP contribution < -0.4 is 5.73 Å². The lowest BCUT2D eigenvalue weighted by atomic mass is 10.2. The predicted octanol–water partition coefficient (Wildman–Crippen LogP) is 1.89. The van der Waals surface area contributed by atoms with E-state index in [1.54, 1.807) is 25.3 Å². The van der Waals surface area contributed by atoms with Crippen LogP contribution in [0.25, 0.3) is 0 Å². The highest BCUT2D eigenvalue weighted by molar-refractivity contribution is 6.30. The molecule has 0 spiro atoms. The maximum Gasteiger partial charge on any atom is 0.405 e. The van der Waals surface area contributed by atoms with Gasteiger partial charge in [-0.1, -0.05) is 17.7 Å². The van der Waals surface area contributed by atoms with Gasteiger partial charge in [-0.05, 0) is 13.0 Å². The van der Waals surface area contributed by atoms with E-state index in [-0.39, 0.29) is 0 Å². The van der Waals surface area contributed by atoms with Gasteiger partial charge in [-0.2, -0.15) is 0 Å². The number of carbonyl (C=O) groups is 1. The number of rotatable bonds is 2. The number of halogens is 1. The molecule has 1 rings (SSSR count). The lowest BCUT2D eigenvalue weighted by Crippen LogP contribution is -2.15. The molecule has 0 aromatic carbocycles. The van der Waals surface area contributed by atoms with Crippen LogP contribution in [0.2, 0.25) is 5.15 Å². The third-order valence-corrected chi connectivity index (χ3v) is 1.83. The van der Waals surface area contributed by atoms with E-state index in [0.29, 0.717) is 10.7 Å². The van der Waals surface area contributed by atoms with Gasteiger partial charge in [0, 0.05) is 11.8 Å². The van der Waals surface area contributed by atoms with Crippen molar-refractivity contribution in [2.45, 2.75) is 13.0 Å². The van der Waals surface area contributed by atoms with Gasteiger partial charge in [0.2, 0.25) is 0 Å². The monoisotopic (exact) mass is 200 g/mol. The van der Waals surface area contributed by atoms with Gasteiger partial charge in [0.05, 0.1) is 0 Å². The number of aromatic nitrogens is 1. The Bertz CT molecular complexity index is 317. The summed E-state index contributed by atoms with van der Waals surface area (Å²) in [5.74, 6) is 0. The number of primary amides is 1. The van der Waals surface area contributed by atoms with Crippen LogP contribution in [0, 0.1) is 0 Å². The summed E-state index contributed by atoms with van der Waals surface area (Å²) in [4.78, 5) is 14.3. The van der Waals surface area contributed by atoms with Gasteiger partial charge in [-0.3, -0.25) is 0 Å². The third-order valence-electron chi connectivity index (χ3n) is 1.52. The Kier molecular flexibility index (Phi) is 3.08. The summed E-state index contributed by atoms with van der Waals surface area (Å²) >= 11 is 5.76. The van der Waals surface area contributed by atoms with E-state index in [4.69, 9.17) is 22.1 Å². The molecular formula is C8H9ClN2O2. The van der Waals surface area contributed by atoms with Crippen LogP contribution in [0.1, 0.15) is 18.6 Å². The summed E-state index contributed by atoms with van der Waals surface area (Å²) in [5.41, 5.74) is 5.50. The molecular weight excluding hydrogens is 192 g/mol. The molecule has 0 aliphatic heterocycles. The molecule has 1 aromatic heterocycles. The first-order valence-electron chi connectivity index (χ1n) is 3.67. The standard InChI is InChI=1S/C8H9ClN2O2/c1-5(13-8(10)12)6-3-2-4-11-7(6)9/h2-5H,1H3,(H2,10,12). The average molecular weight is 201 g/mol. The summed E-state index contributed by atoms with van der Waals surface area (Å²) < 4.78 is 4.73. The molecule has 13 heavy (non-hydrogen) atoms. The van der Waals surface area contributed by atoms with Crippen molar-refractivity contribution in [3.63, 3.8) is 0 Å². The molecule has 0 saturated heterocycles. The third kappa shape index (κ3) is 2.59. The summed E-state index contributed by atoms with van der Waals surface area (Å²) in [6, 6.07) is 3.44. The minimum absolute atomic E-state index is 0.316. The van der Waals surface area contributed by atoms with Crippen molar-refractivity contribution in [2.24, 2.45) is 5.73 Å². The van der Waals surface area contributed by atoms with Crippen LogP contribution >= 0.6 is 11.6 Å². The largest absolute Gasteiger partial charge is 0.442 e. The first-order chi connectivity index (χ1) is 6.11. The van der Waals surface area contributed by atoms with E-state index in [1.165, 1.54) is 0 Å². The zero-order valence-electron chi connectivity index (χ0n) is 7.03. The second kappa shape index (κ2) is 4.09. The topological polar surface area (TPSA) is 65.2 Å². The van der Waals surface area contributed by atoms with Crippen molar-refractivity contribution in [2.75, 3.05) is 0 Å². The van der Waals surface area contributed by atoms with Gasteiger partial charge in [-0.15, -0.1) is 0 Å². The molecule has 4 nitrogen and oxygen atoms in total. The van der Waals surface area contributed by atoms with Crippen LogP contribution in [0.5, 0.6) is 0 Å². The fraction of sp³-hybridized carbons (Fsp3) is 0.250. The zero-order chi connectivity index (χ0) is 9.84. The van der Waals surface area contributed by atoms with Crippen LogP contribution in [-0.4, -0.2) is 11.1 Å². The van der Waals surface area contributed by atoms with Gasteiger partial charge in [-0.25, -0.2) is 9.78 Å². The Morgan fingerprint density at radius 1 is 1.77 bits per heavy atom. The number of carbonyl (C=O) groups excluding carboxylic acids is 1. The molecule has 0 aliphatic rings. The first kappa shape index (κ1) is 9.80. The highest BCUT2D eigenvalue weighted by Crippen LogP contribution is 2.22. The number of ether oxygens (including phenoxy) is 1. The minimum Gasteiger partial charge on any atom is -0.442 e. The highest BCUT2D eigenvalue weighted by atomic mass is 35.5. The maximum absolute atomic E-state index is 10.4. The van der Waals surface area contributed by atoms with E-state index >= 15 is 0 Å². The Labute approximate surface area is 80.7 Å². The smallest absolute Gasteiger partial charge is 0.405 e. The van der Waals surface area contributed by atoms with Crippen molar-refractivity contribution in [3.05, 3.63) is 29.0 Å². The van der Waals surface area contributed by atoms with Crippen molar-refractivity contribution in [3.8, 4) is 0 Å². The summed E-state index contributed by atoms with van der Waals surface area (Å²) in [7, 11) is 0. The second-order valence-electron chi connectivity index (χ2n) is 2.46. The Hall–Kier alpha value is -1.29.